The minimum atomic E-state index is 0.124. The molecule has 3 aromatic heterocycles. The molecule has 0 aliphatic carbocycles. The Labute approximate surface area is 130 Å². The van der Waals surface area contributed by atoms with E-state index in [0.29, 0.717) is 17.1 Å². The van der Waals surface area contributed by atoms with Gasteiger partial charge in [-0.1, -0.05) is 11.8 Å². The van der Waals surface area contributed by atoms with Gasteiger partial charge in [0, 0.05) is 12.4 Å². The van der Waals surface area contributed by atoms with Gasteiger partial charge in [-0.05, 0) is 34.9 Å². The number of aromatic nitrogens is 6. The van der Waals surface area contributed by atoms with Crippen molar-refractivity contribution >= 4 is 17.7 Å². The Hall–Kier alpha value is -3.56. The predicted molar refractivity (Wildman–Crippen MR) is 82.4 cm³/mol. The van der Waals surface area contributed by atoms with Gasteiger partial charge in [0.25, 0.3) is 0 Å². The second-order valence-corrected chi connectivity index (χ2v) is 4.54. The quantitative estimate of drug-likeness (QED) is 0.515. The van der Waals surface area contributed by atoms with Gasteiger partial charge in [-0.3, -0.25) is 10.4 Å². The molecule has 116 valence electrons. The van der Waals surface area contributed by atoms with Gasteiger partial charge in [-0.2, -0.15) is 9.78 Å². The molecule has 3 N–H and O–H groups in total. The van der Waals surface area contributed by atoms with E-state index in [1.54, 1.807) is 25.5 Å². The van der Waals surface area contributed by atoms with Crippen molar-refractivity contribution in [3.8, 4) is 5.82 Å². The second kappa shape index (κ2) is 6.05. The Morgan fingerprint density at radius 1 is 1.39 bits per heavy atom. The number of rotatable bonds is 5. The number of nitrogens with zero attached hydrogens (tertiary/aromatic N) is 7. The second-order valence-electron chi connectivity index (χ2n) is 4.54. The summed E-state index contributed by atoms with van der Waals surface area (Å²) in [4.78, 5) is 3.93. The number of pyridine rings is 1. The van der Waals surface area contributed by atoms with E-state index in [9.17, 15) is 0 Å². The van der Waals surface area contributed by atoms with E-state index in [-0.39, 0.29) is 11.6 Å². The fourth-order valence-corrected chi connectivity index (χ4v) is 1.83. The predicted octanol–water partition coefficient (Wildman–Crippen LogP) is 0.530. The summed E-state index contributed by atoms with van der Waals surface area (Å²) in [5.74, 6) is 0.396. The SMILES string of the molecule is C=C(NN=Cc1ccncc1)c1nnn(-c2nonc2N)c1C. The van der Waals surface area contributed by atoms with Gasteiger partial charge in [0.15, 0.2) is 0 Å². The van der Waals surface area contributed by atoms with Crippen LogP contribution in [-0.2, 0) is 0 Å². The average Bonchev–Trinajstić information content (AvgIpc) is 3.14. The van der Waals surface area contributed by atoms with Crippen molar-refractivity contribution in [3.63, 3.8) is 0 Å². The van der Waals surface area contributed by atoms with E-state index in [2.05, 4.69) is 47.3 Å². The first-order valence-corrected chi connectivity index (χ1v) is 6.56. The fraction of sp³-hybridized carbons (Fsp3) is 0.0769. The van der Waals surface area contributed by atoms with Crippen molar-refractivity contribution in [2.75, 3.05) is 5.73 Å². The van der Waals surface area contributed by atoms with Gasteiger partial charge >= 0.3 is 0 Å². The first-order chi connectivity index (χ1) is 11.2. The maximum Gasteiger partial charge on any atom is 0.243 e. The van der Waals surface area contributed by atoms with Crippen LogP contribution < -0.4 is 11.2 Å². The summed E-state index contributed by atoms with van der Waals surface area (Å²) in [6, 6.07) is 3.66. The van der Waals surface area contributed by atoms with Gasteiger partial charge in [0.2, 0.25) is 11.6 Å². The molecule has 0 saturated heterocycles. The first-order valence-electron chi connectivity index (χ1n) is 6.56. The highest BCUT2D eigenvalue weighted by atomic mass is 16.6. The number of nitrogens with one attached hydrogen (secondary N) is 1. The topological polar surface area (TPSA) is 133 Å². The van der Waals surface area contributed by atoms with Crippen molar-refractivity contribution < 1.29 is 4.63 Å². The number of nitrogen functional groups attached to an aromatic ring is 1. The van der Waals surface area contributed by atoms with E-state index in [1.165, 1.54) is 4.68 Å². The van der Waals surface area contributed by atoms with Crippen LogP contribution in [0.25, 0.3) is 11.5 Å². The molecule has 0 spiro atoms. The number of hydrogen-bond donors (Lipinski definition) is 2. The van der Waals surface area contributed by atoms with Crippen molar-refractivity contribution in [1.29, 1.82) is 0 Å². The third kappa shape index (κ3) is 2.90. The zero-order valence-corrected chi connectivity index (χ0v) is 12.2. The van der Waals surface area contributed by atoms with Crippen LogP contribution in [0, 0.1) is 6.92 Å². The summed E-state index contributed by atoms with van der Waals surface area (Å²) in [6.07, 6.45) is 5.01. The van der Waals surface area contributed by atoms with E-state index in [4.69, 9.17) is 5.73 Å². The lowest BCUT2D eigenvalue weighted by atomic mass is 10.3. The van der Waals surface area contributed by atoms with Gasteiger partial charge in [0.05, 0.1) is 17.6 Å². The van der Waals surface area contributed by atoms with Crippen LogP contribution in [0.4, 0.5) is 5.82 Å². The number of hydrazone groups is 1. The molecule has 0 aromatic carbocycles. The van der Waals surface area contributed by atoms with Gasteiger partial charge in [-0.15, -0.1) is 5.10 Å². The molecule has 0 amide bonds. The third-order valence-corrected chi connectivity index (χ3v) is 3.00. The lowest BCUT2D eigenvalue weighted by Gasteiger charge is -2.02. The smallest absolute Gasteiger partial charge is 0.243 e. The highest BCUT2D eigenvalue weighted by Gasteiger charge is 2.17. The summed E-state index contributed by atoms with van der Waals surface area (Å²) in [6.45, 7) is 5.68. The Morgan fingerprint density at radius 2 is 2.17 bits per heavy atom. The van der Waals surface area contributed by atoms with Gasteiger partial charge in [-0.25, -0.2) is 4.63 Å². The number of nitrogens with two attached hydrogens (primary N) is 1. The zero-order valence-electron chi connectivity index (χ0n) is 12.2. The monoisotopic (exact) mass is 311 g/mol. The van der Waals surface area contributed by atoms with Crippen LogP contribution in [0.5, 0.6) is 0 Å². The standard InChI is InChI=1S/C13H13N9O/c1-8(17-16-7-10-3-5-15-6-4-10)11-9(2)22(21-18-11)13-12(14)19-23-20-13/h3-7,17H,1H2,2H3,(H2,14,19). The molecule has 23 heavy (non-hydrogen) atoms. The van der Waals surface area contributed by atoms with Crippen LogP contribution in [-0.4, -0.2) is 36.5 Å². The molecule has 3 rings (SSSR count). The summed E-state index contributed by atoms with van der Waals surface area (Å²) in [5, 5.41) is 19.3. The number of anilines is 1. The molecular weight excluding hydrogens is 298 g/mol. The van der Waals surface area contributed by atoms with E-state index >= 15 is 0 Å². The Bertz CT molecular complexity index is 849. The van der Waals surface area contributed by atoms with Gasteiger partial charge < -0.3 is 5.73 Å². The molecule has 0 saturated carbocycles. The van der Waals surface area contributed by atoms with Crippen molar-refractivity contribution in [2.45, 2.75) is 6.92 Å². The molecule has 0 aliphatic heterocycles. The Kier molecular flexibility index (Phi) is 3.78. The van der Waals surface area contributed by atoms with Crippen molar-refractivity contribution in [2.24, 2.45) is 5.10 Å². The molecule has 3 heterocycles. The lowest BCUT2D eigenvalue weighted by Crippen LogP contribution is -2.07. The maximum atomic E-state index is 5.65. The van der Waals surface area contributed by atoms with Crippen molar-refractivity contribution in [1.82, 2.24) is 35.7 Å². The molecule has 0 aliphatic rings. The third-order valence-electron chi connectivity index (χ3n) is 3.00. The molecule has 3 aromatic rings. The van der Waals surface area contributed by atoms with Gasteiger partial charge in [0.1, 0.15) is 5.69 Å². The van der Waals surface area contributed by atoms with E-state index in [1.807, 2.05) is 12.1 Å². The van der Waals surface area contributed by atoms with Crippen LogP contribution >= 0.6 is 0 Å². The molecule has 0 fully saturated rings. The molecule has 0 unspecified atom stereocenters. The summed E-state index contributed by atoms with van der Waals surface area (Å²) in [7, 11) is 0. The van der Waals surface area contributed by atoms with E-state index in [0.717, 1.165) is 5.56 Å². The summed E-state index contributed by atoms with van der Waals surface area (Å²) >= 11 is 0. The molecule has 0 bridgehead atoms. The lowest BCUT2D eigenvalue weighted by molar-refractivity contribution is 0.306. The maximum absolute atomic E-state index is 5.65. The first kappa shape index (κ1) is 14.4. The molecule has 0 atom stereocenters. The largest absolute Gasteiger partial charge is 0.378 e. The number of hydrogen-bond acceptors (Lipinski definition) is 9. The highest BCUT2D eigenvalue weighted by Crippen LogP contribution is 2.17. The van der Waals surface area contributed by atoms with Crippen LogP contribution in [0.15, 0.2) is 40.8 Å². The normalized spacial score (nSPS) is 11.0. The average molecular weight is 311 g/mol. The molecular formula is C13H13N9O. The highest BCUT2D eigenvalue weighted by molar-refractivity contribution is 5.79. The summed E-state index contributed by atoms with van der Waals surface area (Å²) in [5.41, 5.74) is 11.0. The molecule has 0 radical (unpaired) electrons. The van der Waals surface area contributed by atoms with E-state index < -0.39 is 0 Å². The van der Waals surface area contributed by atoms with Crippen molar-refractivity contribution in [3.05, 3.63) is 48.1 Å². The zero-order chi connectivity index (χ0) is 16.2. The van der Waals surface area contributed by atoms with Crippen LogP contribution in [0.2, 0.25) is 0 Å². The Balaban J connectivity index is 1.75. The summed E-state index contributed by atoms with van der Waals surface area (Å²) < 4.78 is 5.98. The fourth-order valence-electron chi connectivity index (χ4n) is 1.83. The molecule has 10 nitrogen and oxygen atoms in total. The Morgan fingerprint density at radius 3 is 2.87 bits per heavy atom. The minimum absolute atomic E-state index is 0.124. The van der Waals surface area contributed by atoms with Crippen LogP contribution in [0.3, 0.4) is 0 Å². The van der Waals surface area contributed by atoms with Crippen LogP contribution in [0.1, 0.15) is 17.0 Å². The minimum Gasteiger partial charge on any atom is -0.378 e. The molecule has 10 heteroatoms.